The van der Waals surface area contributed by atoms with Crippen molar-refractivity contribution >= 4 is 5.91 Å². The van der Waals surface area contributed by atoms with Gasteiger partial charge in [0.15, 0.2) is 0 Å². The Labute approximate surface area is 129 Å². The van der Waals surface area contributed by atoms with Crippen molar-refractivity contribution in [1.29, 1.82) is 0 Å². The van der Waals surface area contributed by atoms with Gasteiger partial charge in [0.05, 0.1) is 6.20 Å². The maximum Gasteiger partial charge on any atom is 0.222 e. The predicted molar refractivity (Wildman–Crippen MR) is 79.7 cm³/mol. The molecule has 4 nitrogen and oxygen atoms in total. The van der Waals surface area contributed by atoms with E-state index >= 15 is 0 Å². The van der Waals surface area contributed by atoms with Crippen molar-refractivity contribution in [2.45, 2.75) is 38.6 Å². The lowest BCUT2D eigenvalue weighted by atomic mass is 10.1. The maximum atomic E-state index is 13.7. The molecule has 1 fully saturated rings. The molecular weight excluding hydrogens is 283 g/mol. The Morgan fingerprint density at radius 3 is 3.05 bits per heavy atom. The molecule has 0 unspecified atom stereocenters. The van der Waals surface area contributed by atoms with Gasteiger partial charge in [0.1, 0.15) is 17.6 Å². The second-order valence-electron chi connectivity index (χ2n) is 5.53. The molecule has 1 aromatic carbocycles. The first kappa shape index (κ1) is 14.8. The van der Waals surface area contributed by atoms with Crippen molar-refractivity contribution in [2.24, 2.45) is 0 Å². The molecule has 5 heteroatoms. The largest absolute Gasteiger partial charge is 0.443 e. The van der Waals surface area contributed by atoms with E-state index in [1.807, 2.05) is 11.8 Å². The normalized spacial score (nSPS) is 17.9. The van der Waals surface area contributed by atoms with Gasteiger partial charge in [0, 0.05) is 19.4 Å². The van der Waals surface area contributed by atoms with Crippen molar-refractivity contribution < 1.29 is 13.6 Å². The molecule has 0 spiro atoms. The first-order valence-electron chi connectivity index (χ1n) is 7.66. The van der Waals surface area contributed by atoms with Crippen molar-refractivity contribution in [3.05, 3.63) is 53.5 Å². The summed E-state index contributed by atoms with van der Waals surface area (Å²) in [7, 11) is 0. The van der Waals surface area contributed by atoms with Gasteiger partial charge in [-0.15, -0.1) is 0 Å². The Morgan fingerprint density at radius 2 is 2.27 bits per heavy atom. The van der Waals surface area contributed by atoms with E-state index in [9.17, 15) is 9.18 Å². The molecule has 0 aliphatic carbocycles. The van der Waals surface area contributed by atoms with E-state index in [2.05, 4.69) is 4.98 Å². The van der Waals surface area contributed by atoms with Crippen LogP contribution in [0.5, 0.6) is 0 Å². The lowest BCUT2D eigenvalue weighted by Crippen LogP contribution is -2.29. The molecule has 22 heavy (non-hydrogen) atoms. The smallest absolute Gasteiger partial charge is 0.222 e. The first-order valence-corrected chi connectivity index (χ1v) is 7.66. The average molecular weight is 302 g/mol. The minimum Gasteiger partial charge on any atom is -0.443 e. The quantitative estimate of drug-likeness (QED) is 0.868. The molecule has 1 aliphatic heterocycles. The fraction of sp³-hybridized carbons (Fsp3) is 0.412. The maximum absolute atomic E-state index is 13.7. The van der Waals surface area contributed by atoms with Gasteiger partial charge >= 0.3 is 0 Å². The van der Waals surface area contributed by atoms with Gasteiger partial charge in [0.25, 0.3) is 0 Å². The lowest BCUT2D eigenvalue weighted by molar-refractivity contribution is -0.132. The van der Waals surface area contributed by atoms with E-state index in [1.165, 1.54) is 6.07 Å². The summed E-state index contributed by atoms with van der Waals surface area (Å²) in [5, 5.41) is 0. The molecule has 1 atom stereocenters. The van der Waals surface area contributed by atoms with Crippen molar-refractivity contribution in [3.63, 3.8) is 0 Å². The molecule has 0 bridgehead atoms. The molecule has 116 valence electrons. The van der Waals surface area contributed by atoms with Crippen LogP contribution in [-0.2, 0) is 11.2 Å². The zero-order valence-corrected chi connectivity index (χ0v) is 12.6. The summed E-state index contributed by atoms with van der Waals surface area (Å²) >= 11 is 0. The highest BCUT2D eigenvalue weighted by atomic mass is 19.1. The number of benzene rings is 1. The summed E-state index contributed by atoms with van der Waals surface area (Å²) in [5.41, 5.74) is 0.582. The van der Waals surface area contributed by atoms with Crippen molar-refractivity contribution in [3.8, 4) is 0 Å². The van der Waals surface area contributed by atoms with Crippen LogP contribution in [0.1, 0.15) is 49.4 Å². The minimum absolute atomic E-state index is 0.0816. The molecule has 0 N–H and O–H groups in total. The molecule has 2 heterocycles. The van der Waals surface area contributed by atoms with Crippen LogP contribution in [0, 0.1) is 5.82 Å². The van der Waals surface area contributed by atoms with Gasteiger partial charge in [-0.3, -0.25) is 4.79 Å². The fourth-order valence-corrected chi connectivity index (χ4v) is 2.91. The summed E-state index contributed by atoms with van der Waals surface area (Å²) in [5.74, 6) is 1.06. The number of aromatic nitrogens is 1. The van der Waals surface area contributed by atoms with E-state index in [0.717, 1.165) is 19.4 Å². The van der Waals surface area contributed by atoms with E-state index in [-0.39, 0.29) is 17.8 Å². The van der Waals surface area contributed by atoms with Crippen LogP contribution in [0.25, 0.3) is 0 Å². The van der Waals surface area contributed by atoms with Gasteiger partial charge < -0.3 is 9.32 Å². The zero-order valence-electron chi connectivity index (χ0n) is 12.6. The number of carbonyl (C=O) groups excluding carboxylic acids is 1. The highest BCUT2D eigenvalue weighted by Gasteiger charge is 2.32. The fourth-order valence-electron chi connectivity index (χ4n) is 2.91. The van der Waals surface area contributed by atoms with Gasteiger partial charge in [-0.1, -0.05) is 25.1 Å². The van der Waals surface area contributed by atoms with Crippen LogP contribution in [0.3, 0.4) is 0 Å². The standard InChI is InChI=1S/C17H19FN2O2/c1-2-16(21)20-9-5-8-15(20)17-19-11-13(22-17)10-12-6-3-4-7-14(12)18/h3-4,6-7,11,15H,2,5,8-10H2,1H3/t15-/m1/s1. The summed E-state index contributed by atoms with van der Waals surface area (Å²) < 4.78 is 19.5. The van der Waals surface area contributed by atoms with Crippen LogP contribution >= 0.6 is 0 Å². The Morgan fingerprint density at radius 1 is 1.45 bits per heavy atom. The molecule has 0 saturated carbocycles. The number of nitrogens with zero attached hydrogens (tertiary/aromatic N) is 2. The second-order valence-corrected chi connectivity index (χ2v) is 5.53. The Kier molecular flexibility index (Phi) is 4.22. The van der Waals surface area contributed by atoms with Crippen LogP contribution in [0.4, 0.5) is 4.39 Å². The van der Waals surface area contributed by atoms with Crippen LogP contribution in [0.15, 0.2) is 34.9 Å². The first-order chi connectivity index (χ1) is 10.7. The Balaban J connectivity index is 1.76. The Hall–Kier alpha value is -2.17. The third-order valence-corrected chi connectivity index (χ3v) is 4.05. The van der Waals surface area contributed by atoms with E-state index in [0.29, 0.717) is 30.1 Å². The molecule has 3 rings (SSSR count). The number of likely N-dealkylation sites (tertiary alicyclic amines) is 1. The predicted octanol–water partition coefficient (Wildman–Crippen LogP) is 3.48. The summed E-state index contributed by atoms with van der Waals surface area (Å²) in [6.45, 7) is 2.61. The minimum atomic E-state index is -0.246. The molecule has 1 aliphatic rings. The van der Waals surface area contributed by atoms with Gasteiger partial charge in [0.2, 0.25) is 11.8 Å². The number of amides is 1. The SMILES string of the molecule is CCC(=O)N1CCC[C@@H]1c1ncc(Cc2ccccc2F)o1. The third-order valence-electron chi connectivity index (χ3n) is 4.05. The topological polar surface area (TPSA) is 46.3 Å². The van der Waals surface area contributed by atoms with Crippen molar-refractivity contribution in [1.82, 2.24) is 9.88 Å². The number of rotatable bonds is 4. The molecule has 1 aromatic heterocycles. The molecule has 1 saturated heterocycles. The number of hydrogen-bond donors (Lipinski definition) is 0. The summed E-state index contributed by atoms with van der Waals surface area (Å²) in [6.07, 6.45) is 4.31. The summed E-state index contributed by atoms with van der Waals surface area (Å²) in [4.78, 5) is 18.1. The molecular formula is C17H19FN2O2. The highest BCUT2D eigenvalue weighted by molar-refractivity contribution is 5.76. The van der Waals surface area contributed by atoms with Gasteiger partial charge in [-0.25, -0.2) is 9.37 Å². The summed E-state index contributed by atoms with van der Waals surface area (Å²) in [6, 6.07) is 6.55. The van der Waals surface area contributed by atoms with Gasteiger partial charge in [-0.2, -0.15) is 0 Å². The monoisotopic (exact) mass is 302 g/mol. The number of halogens is 1. The number of hydrogen-bond acceptors (Lipinski definition) is 3. The van der Waals surface area contributed by atoms with E-state index < -0.39 is 0 Å². The highest BCUT2D eigenvalue weighted by Crippen LogP contribution is 2.32. The third kappa shape index (κ3) is 2.89. The van der Waals surface area contributed by atoms with Crippen LogP contribution in [0.2, 0.25) is 0 Å². The van der Waals surface area contributed by atoms with E-state index in [4.69, 9.17) is 4.42 Å². The lowest BCUT2D eigenvalue weighted by Gasteiger charge is -2.21. The molecule has 0 radical (unpaired) electrons. The van der Waals surface area contributed by atoms with E-state index in [1.54, 1.807) is 24.4 Å². The molecule has 2 aromatic rings. The van der Waals surface area contributed by atoms with Crippen LogP contribution < -0.4 is 0 Å². The number of oxazole rings is 1. The van der Waals surface area contributed by atoms with Crippen LogP contribution in [-0.4, -0.2) is 22.3 Å². The second kappa shape index (κ2) is 6.30. The average Bonchev–Trinajstić information content (AvgIpc) is 3.17. The molecule has 1 amide bonds. The van der Waals surface area contributed by atoms with Crippen molar-refractivity contribution in [2.75, 3.05) is 6.54 Å². The Bertz CT molecular complexity index is 668. The number of carbonyl (C=O) groups is 1. The van der Waals surface area contributed by atoms with Gasteiger partial charge in [-0.05, 0) is 24.5 Å². The zero-order chi connectivity index (χ0) is 15.5.